The first kappa shape index (κ1) is 13.0. The highest BCUT2D eigenvalue weighted by molar-refractivity contribution is 7.71. The second kappa shape index (κ2) is 5.02. The van der Waals surface area contributed by atoms with E-state index < -0.39 is 0 Å². The molecular formula is C15H18N2S. The van der Waals surface area contributed by atoms with E-state index in [1.165, 1.54) is 16.7 Å². The summed E-state index contributed by atoms with van der Waals surface area (Å²) in [6.07, 6.45) is 0.863. The van der Waals surface area contributed by atoms with Crippen molar-refractivity contribution in [3.05, 3.63) is 45.4 Å². The third-order valence-electron chi connectivity index (χ3n) is 3.20. The van der Waals surface area contributed by atoms with E-state index in [-0.39, 0.29) is 0 Å². The monoisotopic (exact) mass is 258 g/mol. The lowest BCUT2D eigenvalue weighted by Gasteiger charge is -2.12. The maximum atomic E-state index is 5.34. The lowest BCUT2D eigenvalue weighted by Crippen LogP contribution is -2.00. The molecule has 0 aliphatic rings. The van der Waals surface area contributed by atoms with Crippen molar-refractivity contribution in [3.63, 3.8) is 0 Å². The van der Waals surface area contributed by atoms with Crippen LogP contribution in [0.3, 0.4) is 0 Å². The van der Waals surface area contributed by atoms with Crippen LogP contribution in [-0.4, -0.2) is 9.97 Å². The molecule has 0 radical (unpaired) electrons. The molecular weight excluding hydrogens is 240 g/mol. The van der Waals surface area contributed by atoms with Gasteiger partial charge in [0.05, 0.1) is 5.69 Å². The van der Waals surface area contributed by atoms with E-state index in [1.54, 1.807) is 0 Å². The van der Waals surface area contributed by atoms with E-state index in [4.69, 9.17) is 12.2 Å². The maximum Gasteiger partial charge on any atom is 0.133 e. The minimum atomic E-state index is 0.696. The first-order chi connectivity index (χ1) is 8.52. The van der Waals surface area contributed by atoms with Gasteiger partial charge in [0.25, 0.3) is 0 Å². The van der Waals surface area contributed by atoms with Crippen molar-refractivity contribution in [1.82, 2.24) is 9.97 Å². The summed E-state index contributed by atoms with van der Waals surface area (Å²) in [5.74, 6) is 0.946. The Kier molecular flexibility index (Phi) is 3.62. The highest BCUT2D eigenvalue weighted by Crippen LogP contribution is 2.26. The molecule has 1 N–H and O–H groups in total. The smallest absolute Gasteiger partial charge is 0.133 e. The molecule has 2 nitrogen and oxygen atoms in total. The van der Waals surface area contributed by atoms with Crippen molar-refractivity contribution in [2.45, 2.75) is 34.1 Å². The minimum absolute atomic E-state index is 0.696. The van der Waals surface area contributed by atoms with Crippen LogP contribution >= 0.6 is 12.2 Å². The van der Waals surface area contributed by atoms with E-state index >= 15 is 0 Å². The van der Waals surface area contributed by atoms with E-state index in [1.807, 2.05) is 6.92 Å². The molecule has 1 heterocycles. The zero-order chi connectivity index (χ0) is 13.3. The predicted octanol–water partition coefficient (Wildman–Crippen LogP) is 4.29. The van der Waals surface area contributed by atoms with Gasteiger partial charge in [0.15, 0.2) is 0 Å². The number of aromatic nitrogens is 2. The molecule has 94 valence electrons. The second-order valence-corrected chi connectivity index (χ2v) is 5.05. The van der Waals surface area contributed by atoms with Gasteiger partial charge >= 0.3 is 0 Å². The van der Waals surface area contributed by atoms with Gasteiger partial charge in [-0.15, -0.1) is 0 Å². The summed E-state index contributed by atoms with van der Waals surface area (Å²) in [6.45, 7) is 8.34. The van der Waals surface area contributed by atoms with Crippen molar-refractivity contribution in [3.8, 4) is 11.3 Å². The van der Waals surface area contributed by atoms with Gasteiger partial charge < -0.3 is 4.98 Å². The largest absolute Gasteiger partial charge is 0.343 e. The fourth-order valence-corrected chi connectivity index (χ4v) is 2.23. The van der Waals surface area contributed by atoms with Gasteiger partial charge in [0, 0.05) is 17.5 Å². The second-order valence-electron chi connectivity index (χ2n) is 4.66. The Bertz CT molecular complexity index is 641. The number of nitrogens with one attached hydrogen (secondary N) is 1. The molecule has 0 fully saturated rings. The SMILES string of the molecule is CCc1nc(=S)c(C)c(-c2cc(C)ccc2C)[nH]1. The van der Waals surface area contributed by atoms with Gasteiger partial charge in [0.1, 0.15) is 10.5 Å². The summed E-state index contributed by atoms with van der Waals surface area (Å²) in [4.78, 5) is 7.80. The average molecular weight is 258 g/mol. The molecule has 2 aromatic rings. The number of H-pyrrole nitrogens is 1. The molecule has 18 heavy (non-hydrogen) atoms. The number of benzene rings is 1. The van der Waals surface area contributed by atoms with Crippen LogP contribution in [0.1, 0.15) is 29.4 Å². The van der Waals surface area contributed by atoms with Gasteiger partial charge in [-0.3, -0.25) is 0 Å². The van der Waals surface area contributed by atoms with Gasteiger partial charge in [-0.05, 0) is 32.4 Å². The van der Waals surface area contributed by atoms with Crippen LogP contribution in [0.25, 0.3) is 11.3 Å². The number of aryl methyl sites for hydroxylation is 3. The lowest BCUT2D eigenvalue weighted by molar-refractivity contribution is 0.925. The van der Waals surface area contributed by atoms with Crippen LogP contribution in [0.5, 0.6) is 0 Å². The number of hydrogen-bond acceptors (Lipinski definition) is 2. The van der Waals surface area contributed by atoms with Gasteiger partial charge in [-0.25, -0.2) is 4.98 Å². The summed E-state index contributed by atoms with van der Waals surface area (Å²) in [7, 11) is 0. The fraction of sp³-hybridized carbons (Fsp3) is 0.333. The molecule has 0 atom stereocenters. The summed E-state index contributed by atoms with van der Waals surface area (Å²) < 4.78 is 0.696. The van der Waals surface area contributed by atoms with Crippen molar-refractivity contribution < 1.29 is 0 Å². The van der Waals surface area contributed by atoms with E-state index in [0.29, 0.717) is 4.64 Å². The predicted molar refractivity (Wildman–Crippen MR) is 78.4 cm³/mol. The highest BCUT2D eigenvalue weighted by atomic mass is 32.1. The number of nitrogens with zero attached hydrogens (tertiary/aromatic N) is 1. The molecule has 1 aromatic carbocycles. The molecule has 0 saturated carbocycles. The molecule has 0 bridgehead atoms. The number of hydrogen-bond donors (Lipinski definition) is 1. The minimum Gasteiger partial charge on any atom is -0.343 e. The molecule has 0 aliphatic heterocycles. The molecule has 1 aromatic heterocycles. The molecule has 2 rings (SSSR count). The molecule has 0 saturated heterocycles. The molecule has 0 aliphatic carbocycles. The summed E-state index contributed by atoms with van der Waals surface area (Å²) >= 11 is 5.34. The van der Waals surface area contributed by atoms with Crippen molar-refractivity contribution in [1.29, 1.82) is 0 Å². The van der Waals surface area contributed by atoms with Crippen LogP contribution in [-0.2, 0) is 6.42 Å². The van der Waals surface area contributed by atoms with Crippen LogP contribution in [0.4, 0.5) is 0 Å². The van der Waals surface area contributed by atoms with Gasteiger partial charge in [0.2, 0.25) is 0 Å². The summed E-state index contributed by atoms with van der Waals surface area (Å²) in [5.41, 5.74) is 5.88. The van der Waals surface area contributed by atoms with Crippen LogP contribution in [0, 0.1) is 25.4 Å². The summed E-state index contributed by atoms with van der Waals surface area (Å²) in [6, 6.07) is 6.47. The van der Waals surface area contributed by atoms with Crippen LogP contribution in [0.2, 0.25) is 0 Å². The quantitative estimate of drug-likeness (QED) is 0.814. The Morgan fingerprint density at radius 3 is 2.61 bits per heavy atom. The van der Waals surface area contributed by atoms with Crippen LogP contribution < -0.4 is 0 Å². The number of rotatable bonds is 2. The van der Waals surface area contributed by atoms with Gasteiger partial charge in [-0.1, -0.05) is 36.8 Å². The van der Waals surface area contributed by atoms with Crippen molar-refractivity contribution in [2.24, 2.45) is 0 Å². The first-order valence-electron chi connectivity index (χ1n) is 6.20. The van der Waals surface area contributed by atoms with E-state index in [2.05, 4.69) is 48.9 Å². The highest BCUT2D eigenvalue weighted by Gasteiger charge is 2.09. The Labute approximate surface area is 113 Å². The average Bonchev–Trinajstić information content (AvgIpc) is 2.35. The molecule has 0 unspecified atom stereocenters. The number of aromatic amines is 1. The third-order valence-corrected chi connectivity index (χ3v) is 3.60. The lowest BCUT2D eigenvalue weighted by atomic mass is 10.0. The standard InChI is InChI=1S/C15H18N2S/c1-5-13-16-14(11(4)15(18)17-13)12-8-9(2)6-7-10(12)3/h6-8H,5H2,1-4H3,(H,16,17,18). The van der Waals surface area contributed by atoms with E-state index in [9.17, 15) is 0 Å². The first-order valence-corrected chi connectivity index (χ1v) is 6.61. The summed E-state index contributed by atoms with van der Waals surface area (Å²) in [5, 5.41) is 0. The normalized spacial score (nSPS) is 10.7. The zero-order valence-corrected chi connectivity index (χ0v) is 12.1. The Morgan fingerprint density at radius 1 is 1.22 bits per heavy atom. The maximum absolute atomic E-state index is 5.34. The third kappa shape index (κ3) is 2.36. The van der Waals surface area contributed by atoms with E-state index in [0.717, 1.165) is 23.5 Å². The fourth-order valence-electron chi connectivity index (χ4n) is 2.02. The topological polar surface area (TPSA) is 28.7 Å². The molecule has 0 spiro atoms. The zero-order valence-electron chi connectivity index (χ0n) is 11.3. The Morgan fingerprint density at radius 2 is 1.94 bits per heavy atom. The van der Waals surface area contributed by atoms with Gasteiger partial charge in [-0.2, -0.15) is 0 Å². The Hall–Kier alpha value is -1.48. The molecule has 3 heteroatoms. The molecule has 0 amide bonds. The van der Waals surface area contributed by atoms with Crippen molar-refractivity contribution in [2.75, 3.05) is 0 Å². The van der Waals surface area contributed by atoms with Crippen molar-refractivity contribution >= 4 is 12.2 Å². The van der Waals surface area contributed by atoms with Crippen LogP contribution in [0.15, 0.2) is 18.2 Å². The Balaban J connectivity index is 2.74.